The van der Waals surface area contributed by atoms with Crippen LogP contribution in [0.1, 0.15) is 66.6 Å². The largest absolute Gasteiger partial charge is 0.352 e. The standard InChI is InChI=1S/C21H29N5O3/c1-21(2,3)23-19(28)16-10-8-15(9-11-16)18(27)22-12-6-14-26-20(29)25-13-5-4-7-17(25)24-26/h8-11H,4-7,12-14H2,1-3H3,(H,22,27)(H,23,28). The van der Waals surface area contributed by atoms with Crippen LogP contribution in [0, 0.1) is 0 Å². The van der Waals surface area contributed by atoms with Crippen molar-refractivity contribution in [1.29, 1.82) is 0 Å². The first-order valence-corrected chi connectivity index (χ1v) is 10.1. The summed E-state index contributed by atoms with van der Waals surface area (Å²) in [5, 5.41) is 10.1. The van der Waals surface area contributed by atoms with E-state index in [4.69, 9.17) is 0 Å². The fourth-order valence-corrected chi connectivity index (χ4v) is 3.31. The van der Waals surface area contributed by atoms with Crippen LogP contribution in [0.2, 0.25) is 0 Å². The van der Waals surface area contributed by atoms with Gasteiger partial charge in [-0.05, 0) is 64.3 Å². The maximum absolute atomic E-state index is 12.3. The summed E-state index contributed by atoms with van der Waals surface area (Å²) in [4.78, 5) is 36.7. The molecule has 0 fully saturated rings. The summed E-state index contributed by atoms with van der Waals surface area (Å²) in [6, 6.07) is 6.57. The molecule has 2 amide bonds. The Balaban J connectivity index is 1.48. The lowest BCUT2D eigenvalue weighted by Gasteiger charge is -2.20. The predicted molar refractivity (Wildman–Crippen MR) is 110 cm³/mol. The zero-order chi connectivity index (χ0) is 21.0. The van der Waals surface area contributed by atoms with Gasteiger partial charge in [-0.1, -0.05) is 0 Å². The van der Waals surface area contributed by atoms with Gasteiger partial charge in [0.25, 0.3) is 11.8 Å². The number of nitrogens with zero attached hydrogens (tertiary/aromatic N) is 3. The van der Waals surface area contributed by atoms with Gasteiger partial charge in [-0.25, -0.2) is 9.48 Å². The summed E-state index contributed by atoms with van der Waals surface area (Å²) in [5.74, 6) is 0.489. The average molecular weight is 399 g/mol. The second kappa shape index (κ2) is 8.63. The summed E-state index contributed by atoms with van der Waals surface area (Å²) in [7, 11) is 0. The van der Waals surface area contributed by atoms with Crippen LogP contribution in [-0.2, 0) is 19.5 Å². The van der Waals surface area contributed by atoms with Crippen LogP contribution in [-0.4, -0.2) is 38.2 Å². The second-order valence-corrected chi connectivity index (χ2v) is 8.42. The first kappa shape index (κ1) is 20.8. The molecule has 0 unspecified atom stereocenters. The van der Waals surface area contributed by atoms with E-state index < -0.39 is 0 Å². The highest BCUT2D eigenvalue weighted by Crippen LogP contribution is 2.10. The fourth-order valence-electron chi connectivity index (χ4n) is 3.31. The highest BCUT2D eigenvalue weighted by atomic mass is 16.2. The maximum atomic E-state index is 12.3. The molecular formula is C21H29N5O3. The Morgan fingerprint density at radius 2 is 1.72 bits per heavy atom. The number of aryl methyl sites for hydroxylation is 2. The number of fused-ring (bicyclic) bond motifs is 1. The minimum absolute atomic E-state index is 0.0600. The van der Waals surface area contributed by atoms with E-state index in [2.05, 4.69) is 15.7 Å². The highest BCUT2D eigenvalue weighted by Gasteiger charge is 2.17. The molecule has 8 heteroatoms. The Labute approximate surface area is 170 Å². The van der Waals surface area contributed by atoms with Crippen molar-refractivity contribution >= 4 is 11.8 Å². The molecule has 0 spiro atoms. The van der Waals surface area contributed by atoms with E-state index in [1.165, 1.54) is 4.68 Å². The van der Waals surface area contributed by atoms with E-state index in [1.54, 1.807) is 28.8 Å². The molecule has 0 bridgehead atoms. The Kier molecular flexibility index (Phi) is 6.20. The minimum atomic E-state index is -0.316. The van der Waals surface area contributed by atoms with Crippen molar-refractivity contribution in [1.82, 2.24) is 25.0 Å². The van der Waals surface area contributed by atoms with Gasteiger partial charge in [0, 0.05) is 42.7 Å². The van der Waals surface area contributed by atoms with Gasteiger partial charge >= 0.3 is 5.69 Å². The molecule has 0 saturated heterocycles. The van der Waals surface area contributed by atoms with Crippen LogP contribution in [0.5, 0.6) is 0 Å². The van der Waals surface area contributed by atoms with Gasteiger partial charge in [-0.15, -0.1) is 0 Å². The molecule has 156 valence electrons. The van der Waals surface area contributed by atoms with Gasteiger partial charge in [0.15, 0.2) is 0 Å². The third-order valence-corrected chi connectivity index (χ3v) is 4.76. The van der Waals surface area contributed by atoms with E-state index in [-0.39, 0.29) is 23.0 Å². The highest BCUT2D eigenvalue weighted by molar-refractivity contribution is 5.98. The minimum Gasteiger partial charge on any atom is -0.352 e. The third kappa shape index (κ3) is 5.34. The molecule has 0 atom stereocenters. The Morgan fingerprint density at radius 3 is 2.34 bits per heavy atom. The first-order valence-electron chi connectivity index (χ1n) is 10.1. The molecular weight excluding hydrogens is 370 g/mol. The van der Waals surface area contributed by atoms with Crippen molar-refractivity contribution < 1.29 is 9.59 Å². The van der Waals surface area contributed by atoms with Crippen LogP contribution in [0.25, 0.3) is 0 Å². The lowest BCUT2D eigenvalue weighted by Crippen LogP contribution is -2.40. The molecule has 0 radical (unpaired) electrons. The normalized spacial score (nSPS) is 13.6. The van der Waals surface area contributed by atoms with Gasteiger partial charge in [0.2, 0.25) is 0 Å². The van der Waals surface area contributed by atoms with Gasteiger partial charge in [-0.2, -0.15) is 5.10 Å². The quantitative estimate of drug-likeness (QED) is 0.723. The van der Waals surface area contributed by atoms with Gasteiger partial charge in [0.05, 0.1) is 0 Å². The first-order chi connectivity index (χ1) is 13.7. The Bertz CT molecular complexity index is 935. The lowest BCUT2D eigenvalue weighted by molar-refractivity contribution is 0.0915. The number of amides is 2. The van der Waals surface area contributed by atoms with E-state index >= 15 is 0 Å². The molecule has 1 aliphatic rings. The number of carbonyl (C=O) groups excluding carboxylic acids is 2. The number of benzene rings is 1. The van der Waals surface area contributed by atoms with Crippen LogP contribution in [0.3, 0.4) is 0 Å². The van der Waals surface area contributed by atoms with E-state index in [1.807, 2.05) is 20.8 Å². The average Bonchev–Trinajstić information content (AvgIpc) is 3.00. The molecule has 2 aromatic rings. The molecule has 8 nitrogen and oxygen atoms in total. The monoisotopic (exact) mass is 399 g/mol. The van der Waals surface area contributed by atoms with Crippen molar-refractivity contribution in [3.63, 3.8) is 0 Å². The second-order valence-electron chi connectivity index (χ2n) is 8.42. The van der Waals surface area contributed by atoms with Crippen LogP contribution < -0.4 is 16.3 Å². The van der Waals surface area contributed by atoms with Crippen LogP contribution >= 0.6 is 0 Å². The van der Waals surface area contributed by atoms with Crippen molar-refractivity contribution in [2.45, 2.75) is 65.1 Å². The molecule has 0 aliphatic carbocycles. The predicted octanol–water partition coefficient (Wildman–Crippen LogP) is 1.73. The smallest absolute Gasteiger partial charge is 0.345 e. The number of hydrogen-bond donors (Lipinski definition) is 2. The molecule has 2 N–H and O–H groups in total. The molecule has 29 heavy (non-hydrogen) atoms. The Hall–Kier alpha value is -2.90. The van der Waals surface area contributed by atoms with E-state index in [0.29, 0.717) is 30.6 Å². The molecule has 2 heterocycles. The topological polar surface area (TPSA) is 98.0 Å². The summed E-state index contributed by atoms with van der Waals surface area (Å²) >= 11 is 0. The van der Waals surface area contributed by atoms with E-state index in [9.17, 15) is 14.4 Å². The number of hydrogen-bond acceptors (Lipinski definition) is 4. The summed E-state index contributed by atoms with van der Waals surface area (Å²) < 4.78 is 3.24. The molecule has 1 aromatic heterocycles. The molecule has 1 aromatic carbocycles. The van der Waals surface area contributed by atoms with Crippen molar-refractivity contribution in [2.75, 3.05) is 6.54 Å². The Morgan fingerprint density at radius 1 is 1.07 bits per heavy atom. The molecule has 1 aliphatic heterocycles. The molecule has 3 rings (SSSR count). The number of aromatic nitrogens is 3. The van der Waals surface area contributed by atoms with Crippen molar-refractivity contribution in [3.8, 4) is 0 Å². The van der Waals surface area contributed by atoms with Gasteiger partial charge < -0.3 is 10.6 Å². The van der Waals surface area contributed by atoms with Crippen LogP contribution in [0.4, 0.5) is 0 Å². The SMILES string of the molecule is CC(C)(C)NC(=O)c1ccc(C(=O)NCCCn2nc3n(c2=O)CCCC3)cc1. The number of rotatable bonds is 6. The number of nitrogens with one attached hydrogen (secondary N) is 2. The third-order valence-electron chi connectivity index (χ3n) is 4.76. The van der Waals surface area contributed by atoms with Crippen LogP contribution in [0.15, 0.2) is 29.1 Å². The fraction of sp³-hybridized carbons (Fsp3) is 0.524. The van der Waals surface area contributed by atoms with Gasteiger partial charge in [0.1, 0.15) is 5.82 Å². The van der Waals surface area contributed by atoms with Crippen molar-refractivity contribution in [3.05, 3.63) is 51.7 Å². The zero-order valence-electron chi connectivity index (χ0n) is 17.3. The van der Waals surface area contributed by atoms with Crippen molar-refractivity contribution in [2.24, 2.45) is 0 Å². The van der Waals surface area contributed by atoms with Gasteiger partial charge in [-0.3, -0.25) is 14.2 Å². The number of carbonyl (C=O) groups is 2. The summed E-state index contributed by atoms with van der Waals surface area (Å²) in [6.07, 6.45) is 3.56. The zero-order valence-corrected chi connectivity index (χ0v) is 17.3. The maximum Gasteiger partial charge on any atom is 0.345 e. The summed E-state index contributed by atoms with van der Waals surface area (Å²) in [6.45, 7) is 7.42. The molecule has 0 saturated carbocycles. The summed E-state index contributed by atoms with van der Waals surface area (Å²) in [5.41, 5.74) is 0.630. The lowest BCUT2D eigenvalue weighted by atomic mass is 10.1. The van der Waals surface area contributed by atoms with E-state index in [0.717, 1.165) is 31.6 Å².